The molecule has 0 aliphatic heterocycles. The summed E-state index contributed by atoms with van der Waals surface area (Å²) in [7, 11) is 0. The molecule has 0 bridgehead atoms. The molecule has 15 heavy (non-hydrogen) atoms. The van der Waals surface area contributed by atoms with Gasteiger partial charge in [-0.2, -0.15) is 0 Å². The monoisotopic (exact) mass is 222 g/mol. The van der Waals surface area contributed by atoms with Crippen molar-refractivity contribution in [3.8, 4) is 12.3 Å². The molecule has 1 aromatic rings. The van der Waals surface area contributed by atoms with E-state index in [2.05, 4.69) is 23.1 Å². The summed E-state index contributed by atoms with van der Waals surface area (Å²) in [6, 6.07) is 2.16. The Labute approximate surface area is 96.1 Å². The van der Waals surface area contributed by atoms with E-state index in [0.717, 1.165) is 24.9 Å². The lowest BCUT2D eigenvalue weighted by Gasteiger charge is -2.18. The van der Waals surface area contributed by atoms with E-state index >= 15 is 0 Å². The number of aromatic nitrogens is 1. The van der Waals surface area contributed by atoms with Gasteiger partial charge in [-0.25, -0.2) is 0 Å². The third-order valence-corrected chi connectivity index (χ3v) is 2.52. The normalized spacial score (nSPS) is 12.1. The number of rotatable bonds is 5. The van der Waals surface area contributed by atoms with E-state index in [9.17, 15) is 0 Å². The highest BCUT2D eigenvalue weighted by molar-refractivity contribution is 6.31. The summed E-state index contributed by atoms with van der Waals surface area (Å²) in [5, 5.41) is 4.06. The summed E-state index contributed by atoms with van der Waals surface area (Å²) in [5.41, 5.74) is 1.07. The first-order valence-electron chi connectivity index (χ1n) is 5.05. The Hall–Kier alpha value is -1.04. The molecule has 0 aliphatic rings. The first-order chi connectivity index (χ1) is 7.29. The van der Waals surface area contributed by atoms with Gasteiger partial charge in [0.05, 0.1) is 5.02 Å². The molecule has 1 atom stereocenters. The van der Waals surface area contributed by atoms with Crippen LogP contribution in [-0.2, 0) is 0 Å². The maximum Gasteiger partial charge on any atom is 0.0637 e. The fourth-order valence-electron chi connectivity index (χ4n) is 1.51. The van der Waals surface area contributed by atoms with Gasteiger partial charge >= 0.3 is 0 Å². The highest BCUT2D eigenvalue weighted by Crippen LogP contribution is 2.24. The van der Waals surface area contributed by atoms with Crippen molar-refractivity contribution in [2.75, 3.05) is 6.54 Å². The summed E-state index contributed by atoms with van der Waals surface area (Å²) in [6.45, 7) is 2.96. The summed E-state index contributed by atoms with van der Waals surface area (Å²) in [5.74, 6) is 2.65. The fourth-order valence-corrected chi connectivity index (χ4v) is 1.76. The third kappa shape index (κ3) is 3.54. The van der Waals surface area contributed by atoms with E-state index in [1.54, 1.807) is 12.4 Å². The van der Waals surface area contributed by atoms with E-state index in [0.29, 0.717) is 5.02 Å². The largest absolute Gasteiger partial charge is 0.310 e. The summed E-state index contributed by atoms with van der Waals surface area (Å²) < 4.78 is 0. The summed E-state index contributed by atoms with van der Waals surface area (Å²) in [4.78, 5) is 3.97. The first-order valence-corrected chi connectivity index (χ1v) is 5.43. The molecule has 0 fully saturated rings. The van der Waals surface area contributed by atoms with Crippen molar-refractivity contribution in [2.24, 2.45) is 0 Å². The average Bonchev–Trinajstić information content (AvgIpc) is 2.25. The fraction of sp³-hybridized carbons (Fsp3) is 0.417. The Bertz CT molecular complexity index is 344. The van der Waals surface area contributed by atoms with Crippen LogP contribution in [-0.4, -0.2) is 11.5 Å². The number of halogens is 1. The van der Waals surface area contributed by atoms with Gasteiger partial charge in [0.2, 0.25) is 0 Å². The van der Waals surface area contributed by atoms with E-state index in [-0.39, 0.29) is 6.04 Å². The molecule has 0 aromatic carbocycles. The van der Waals surface area contributed by atoms with Gasteiger partial charge in [0.25, 0.3) is 0 Å². The number of terminal acetylenes is 1. The molecular weight excluding hydrogens is 208 g/mol. The van der Waals surface area contributed by atoms with Crippen LogP contribution in [0.15, 0.2) is 18.5 Å². The zero-order valence-electron chi connectivity index (χ0n) is 8.83. The van der Waals surface area contributed by atoms with E-state index in [1.807, 2.05) is 6.07 Å². The highest BCUT2D eigenvalue weighted by Gasteiger charge is 2.12. The first kappa shape index (κ1) is 12.0. The van der Waals surface area contributed by atoms with Crippen molar-refractivity contribution in [1.82, 2.24) is 10.3 Å². The van der Waals surface area contributed by atoms with Gasteiger partial charge in [0.1, 0.15) is 0 Å². The predicted octanol–water partition coefficient (Wildman–Crippen LogP) is 2.80. The Balaban J connectivity index is 2.79. The number of pyridine rings is 1. The van der Waals surface area contributed by atoms with Gasteiger partial charge < -0.3 is 5.32 Å². The van der Waals surface area contributed by atoms with Gasteiger partial charge in [-0.05, 0) is 24.6 Å². The van der Waals surface area contributed by atoms with Gasteiger partial charge in [0.15, 0.2) is 0 Å². The molecule has 0 saturated heterocycles. The van der Waals surface area contributed by atoms with Crippen LogP contribution in [0.2, 0.25) is 5.02 Å². The molecule has 0 saturated carbocycles. The zero-order chi connectivity index (χ0) is 11.1. The van der Waals surface area contributed by atoms with Crippen molar-refractivity contribution < 1.29 is 0 Å². The van der Waals surface area contributed by atoms with Gasteiger partial charge in [-0.15, -0.1) is 12.3 Å². The summed E-state index contributed by atoms with van der Waals surface area (Å²) in [6.07, 6.45) is 10.3. The van der Waals surface area contributed by atoms with Crippen LogP contribution in [0, 0.1) is 12.3 Å². The standard InChI is InChI=1S/C12H15ClN2/c1-3-5-6-12(15-4-2)10-7-8-14-9-11(10)13/h1,7-9,12,15H,4-6H2,2H3. The minimum Gasteiger partial charge on any atom is -0.310 e. The molecule has 1 rings (SSSR count). The molecule has 3 heteroatoms. The smallest absolute Gasteiger partial charge is 0.0637 e. The third-order valence-electron chi connectivity index (χ3n) is 2.21. The van der Waals surface area contributed by atoms with E-state index in [1.165, 1.54) is 0 Å². The number of hydrogen-bond donors (Lipinski definition) is 1. The molecule has 1 heterocycles. The van der Waals surface area contributed by atoms with Crippen LogP contribution in [0.4, 0.5) is 0 Å². The Morgan fingerprint density at radius 2 is 2.47 bits per heavy atom. The molecule has 2 nitrogen and oxygen atoms in total. The van der Waals surface area contributed by atoms with E-state index in [4.69, 9.17) is 18.0 Å². The van der Waals surface area contributed by atoms with Crippen molar-refractivity contribution >= 4 is 11.6 Å². The second kappa shape index (κ2) is 6.44. The average molecular weight is 223 g/mol. The lowest BCUT2D eigenvalue weighted by Crippen LogP contribution is -2.21. The number of nitrogens with one attached hydrogen (secondary N) is 1. The molecule has 0 amide bonds. The van der Waals surface area contributed by atoms with Gasteiger partial charge in [0, 0.05) is 24.9 Å². The Morgan fingerprint density at radius 1 is 1.67 bits per heavy atom. The molecule has 1 unspecified atom stereocenters. The predicted molar refractivity (Wildman–Crippen MR) is 63.7 cm³/mol. The van der Waals surface area contributed by atoms with Crippen molar-refractivity contribution in [3.63, 3.8) is 0 Å². The molecule has 0 radical (unpaired) electrons. The Kier molecular flexibility index (Phi) is 5.17. The second-order valence-corrected chi connectivity index (χ2v) is 3.66. The molecule has 1 aromatic heterocycles. The lowest BCUT2D eigenvalue weighted by atomic mass is 10.0. The van der Waals surface area contributed by atoms with Crippen LogP contribution >= 0.6 is 11.6 Å². The minimum absolute atomic E-state index is 0.224. The zero-order valence-corrected chi connectivity index (χ0v) is 9.59. The molecule has 80 valence electrons. The van der Waals surface area contributed by atoms with Crippen LogP contribution in [0.5, 0.6) is 0 Å². The van der Waals surface area contributed by atoms with Crippen molar-refractivity contribution in [3.05, 3.63) is 29.0 Å². The Morgan fingerprint density at radius 3 is 3.07 bits per heavy atom. The van der Waals surface area contributed by atoms with Gasteiger partial charge in [-0.1, -0.05) is 18.5 Å². The highest BCUT2D eigenvalue weighted by atomic mass is 35.5. The van der Waals surface area contributed by atoms with Crippen LogP contribution < -0.4 is 5.32 Å². The lowest BCUT2D eigenvalue weighted by molar-refractivity contribution is 0.522. The van der Waals surface area contributed by atoms with Gasteiger partial charge in [-0.3, -0.25) is 4.98 Å². The van der Waals surface area contributed by atoms with E-state index < -0.39 is 0 Å². The van der Waals surface area contributed by atoms with Crippen molar-refractivity contribution in [1.29, 1.82) is 0 Å². The molecular formula is C12H15ClN2. The second-order valence-electron chi connectivity index (χ2n) is 3.25. The number of nitrogens with zero attached hydrogens (tertiary/aromatic N) is 1. The van der Waals surface area contributed by atoms with Crippen molar-refractivity contribution in [2.45, 2.75) is 25.8 Å². The quantitative estimate of drug-likeness (QED) is 0.775. The topological polar surface area (TPSA) is 24.9 Å². The minimum atomic E-state index is 0.224. The molecule has 0 aliphatic carbocycles. The molecule has 1 N–H and O–H groups in total. The maximum absolute atomic E-state index is 6.08. The SMILES string of the molecule is C#CCCC(NCC)c1ccncc1Cl. The maximum atomic E-state index is 6.08. The molecule has 0 spiro atoms. The summed E-state index contributed by atoms with van der Waals surface area (Å²) >= 11 is 6.08. The van der Waals surface area contributed by atoms with Crippen LogP contribution in [0.1, 0.15) is 31.4 Å². The van der Waals surface area contributed by atoms with Crippen LogP contribution in [0.3, 0.4) is 0 Å². The van der Waals surface area contributed by atoms with Crippen LogP contribution in [0.25, 0.3) is 0 Å². The number of hydrogen-bond acceptors (Lipinski definition) is 2.